The molecule has 4 nitrogen and oxygen atoms in total. The predicted octanol–water partition coefficient (Wildman–Crippen LogP) is 3.61. The lowest BCUT2D eigenvalue weighted by Gasteiger charge is -2.32. The average Bonchev–Trinajstić information content (AvgIpc) is 2.59. The largest absolute Gasteiger partial charge is 0.353 e. The molecular formula is C18H25BrN2O2. The van der Waals surface area contributed by atoms with E-state index in [0.29, 0.717) is 18.7 Å². The van der Waals surface area contributed by atoms with E-state index >= 15 is 0 Å². The third-order valence-corrected chi connectivity index (χ3v) is 5.10. The van der Waals surface area contributed by atoms with Crippen molar-refractivity contribution in [2.24, 2.45) is 5.92 Å². The van der Waals surface area contributed by atoms with Gasteiger partial charge >= 0.3 is 0 Å². The molecule has 5 heteroatoms. The molecule has 0 atom stereocenters. The Morgan fingerprint density at radius 3 is 2.26 bits per heavy atom. The number of rotatable bonds is 5. The summed E-state index contributed by atoms with van der Waals surface area (Å²) in [5, 5.41) is 3.12. The van der Waals surface area contributed by atoms with Crippen LogP contribution in [0, 0.1) is 5.92 Å². The first-order valence-electron chi connectivity index (χ1n) is 8.40. The summed E-state index contributed by atoms with van der Waals surface area (Å²) < 4.78 is 0.964. The van der Waals surface area contributed by atoms with E-state index in [1.165, 1.54) is 0 Å². The van der Waals surface area contributed by atoms with E-state index in [4.69, 9.17) is 0 Å². The normalized spacial score (nSPS) is 15.7. The molecule has 0 aliphatic carbocycles. The minimum Gasteiger partial charge on any atom is -0.353 e. The summed E-state index contributed by atoms with van der Waals surface area (Å²) in [4.78, 5) is 26.6. The predicted molar refractivity (Wildman–Crippen MR) is 95.3 cm³/mol. The van der Waals surface area contributed by atoms with Gasteiger partial charge in [0.05, 0.1) is 0 Å². The Kier molecular flexibility index (Phi) is 6.63. The highest BCUT2D eigenvalue weighted by Crippen LogP contribution is 2.20. The standard InChI is InChI=1S/C18H25BrN2O2/c1-3-16(4-2)20-17(22)13-9-11-21(12-10-13)18(23)14-5-7-15(19)8-6-14/h5-8,13,16H,3-4,9-12H2,1-2H3,(H,20,22). The zero-order valence-electron chi connectivity index (χ0n) is 13.8. The van der Waals surface area contributed by atoms with Crippen molar-refractivity contribution in [2.75, 3.05) is 13.1 Å². The van der Waals surface area contributed by atoms with Gasteiger partial charge in [0.25, 0.3) is 5.91 Å². The molecular weight excluding hydrogens is 356 g/mol. The second-order valence-corrected chi connectivity index (χ2v) is 7.01. The van der Waals surface area contributed by atoms with E-state index in [-0.39, 0.29) is 23.8 Å². The quantitative estimate of drug-likeness (QED) is 0.847. The molecule has 0 bridgehead atoms. The van der Waals surface area contributed by atoms with Gasteiger partial charge in [-0.05, 0) is 49.9 Å². The van der Waals surface area contributed by atoms with Crippen molar-refractivity contribution < 1.29 is 9.59 Å². The third kappa shape index (κ3) is 4.80. The van der Waals surface area contributed by atoms with Gasteiger partial charge in [-0.3, -0.25) is 9.59 Å². The maximum atomic E-state index is 12.5. The third-order valence-electron chi connectivity index (χ3n) is 4.58. The van der Waals surface area contributed by atoms with Crippen molar-refractivity contribution in [1.82, 2.24) is 10.2 Å². The van der Waals surface area contributed by atoms with Gasteiger partial charge in [0.1, 0.15) is 0 Å². The molecule has 1 aromatic rings. The van der Waals surface area contributed by atoms with Crippen LogP contribution in [-0.2, 0) is 4.79 Å². The van der Waals surface area contributed by atoms with Gasteiger partial charge in [0.15, 0.2) is 0 Å². The number of likely N-dealkylation sites (tertiary alicyclic amines) is 1. The van der Waals surface area contributed by atoms with E-state index in [0.717, 1.165) is 30.2 Å². The van der Waals surface area contributed by atoms with Crippen LogP contribution in [0.15, 0.2) is 28.7 Å². The van der Waals surface area contributed by atoms with Gasteiger partial charge in [-0.25, -0.2) is 0 Å². The van der Waals surface area contributed by atoms with Crippen LogP contribution >= 0.6 is 15.9 Å². The van der Waals surface area contributed by atoms with E-state index in [1.807, 2.05) is 29.2 Å². The number of amides is 2. The first-order chi connectivity index (χ1) is 11.0. The number of carbonyl (C=O) groups is 2. The van der Waals surface area contributed by atoms with E-state index in [2.05, 4.69) is 35.1 Å². The monoisotopic (exact) mass is 380 g/mol. The Morgan fingerprint density at radius 2 is 1.74 bits per heavy atom. The van der Waals surface area contributed by atoms with Crippen LogP contribution in [0.1, 0.15) is 49.9 Å². The molecule has 1 saturated heterocycles. The maximum absolute atomic E-state index is 12.5. The van der Waals surface area contributed by atoms with Crippen LogP contribution in [0.25, 0.3) is 0 Å². The second kappa shape index (κ2) is 8.48. The molecule has 1 heterocycles. The van der Waals surface area contributed by atoms with Crippen LogP contribution in [0.2, 0.25) is 0 Å². The van der Waals surface area contributed by atoms with Crippen LogP contribution in [-0.4, -0.2) is 35.8 Å². The van der Waals surface area contributed by atoms with Gasteiger partial charge in [-0.2, -0.15) is 0 Å². The number of benzene rings is 1. The number of nitrogens with one attached hydrogen (secondary N) is 1. The lowest BCUT2D eigenvalue weighted by atomic mass is 9.94. The number of hydrogen-bond acceptors (Lipinski definition) is 2. The summed E-state index contributed by atoms with van der Waals surface area (Å²) in [6, 6.07) is 7.69. The lowest BCUT2D eigenvalue weighted by Crippen LogP contribution is -2.45. The van der Waals surface area contributed by atoms with E-state index < -0.39 is 0 Å². The van der Waals surface area contributed by atoms with Crippen molar-refractivity contribution in [3.63, 3.8) is 0 Å². The zero-order chi connectivity index (χ0) is 16.8. The Hall–Kier alpha value is -1.36. The summed E-state index contributed by atoms with van der Waals surface area (Å²) in [6.07, 6.45) is 3.41. The highest BCUT2D eigenvalue weighted by Gasteiger charge is 2.28. The summed E-state index contributed by atoms with van der Waals surface area (Å²) in [6.45, 7) is 5.48. The van der Waals surface area contributed by atoms with Gasteiger partial charge in [-0.1, -0.05) is 29.8 Å². The van der Waals surface area contributed by atoms with Crippen molar-refractivity contribution >= 4 is 27.7 Å². The fourth-order valence-corrected chi connectivity index (χ4v) is 3.20. The van der Waals surface area contributed by atoms with Crippen LogP contribution in [0.3, 0.4) is 0 Å². The van der Waals surface area contributed by atoms with E-state index in [1.54, 1.807) is 0 Å². The van der Waals surface area contributed by atoms with Crippen molar-refractivity contribution in [3.05, 3.63) is 34.3 Å². The summed E-state index contributed by atoms with van der Waals surface area (Å²) in [5.41, 5.74) is 0.702. The highest BCUT2D eigenvalue weighted by atomic mass is 79.9. The van der Waals surface area contributed by atoms with Crippen LogP contribution in [0.5, 0.6) is 0 Å². The summed E-state index contributed by atoms with van der Waals surface area (Å²) in [5.74, 6) is 0.232. The highest BCUT2D eigenvalue weighted by molar-refractivity contribution is 9.10. The number of piperidine rings is 1. The van der Waals surface area contributed by atoms with Crippen molar-refractivity contribution in [3.8, 4) is 0 Å². The SMILES string of the molecule is CCC(CC)NC(=O)C1CCN(C(=O)c2ccc(Br)cc2)CC1. The Labute approximate surface area is 146 Å². The Balaban J connectivity index is 1.87. The molecule has 126 valence electrons. The Bertz CT molecular complexity index is 532. The van der Waals surface area contributed by atoms with Crippen molar-refractivity contribution in [1.29, 1.82) is 0 Å². The number of nitrogens with zero attached hydrogens (tertiary/aromatic N) is 1. The Morgan fingerprint density at radius 1 is 1.17 bits per heavy atom. The molecule has 23 heavy (non-hydrogen) atoms. The molecule has 0 spiro atoms. The molecule has 0 radical (unpaired) electrons. The van der Waals surface area contributed by atoms with E-state index in [9.17, 15) is 9.59 Å². The molecule has 0 unspecified atom stereocenters. The lowest BCUT2D eigenvalue weighted by molar-refractivity contribution is -0.127. The molecule has 0 saturated carbocycles. The minimum absolute atomic E-state index is 0.0320. The summed E-state index contributed by atoms with van der Waals surface area (Å²) in [7, 11) is 0. The first kappa shape index (κ1) is 18.0. The first-order valence-corrected chi connectivity index (χ1v) is 9.19. The van der Waals surface area contributed by atoms with Crippen LogP contribution in [0.4, 0.5) is 0 Å². The van der Waals surface area contributed by atoms with Crippen molar-refractivity contribution in [2.45, 2.75) is 45.6 Å². The minimum atomic E-state index is 0.0320. The molecule has 2 rings (SSSR count). The van der Waals surface area contributed by atoms with Gasteiger partial charge in [-0.15, -0.1) is 0 Å². The molecule has 0 aromatic heterocycles. The summed E-state index contributed by atoms with van der Waals surface area (Å²) >= 11 is 3.38. The smallest absolute Gasteiger partial charge is 0.253 e. The fraction of sp³-hybridized carbons (Fsp3) is 0.556. The van der Waals surface area contributed by atoms with Crippen LogP contribution < -0.4 is 5.32 Å². The molecule has 1 aliphatic rings. The number of hydrogen-bond donors (Lipinski definition) is 1. The molecule has 1 N–H and O–H groups in total. The zero-order valence-corrected chi connectivity index (χ0v) is 15.4. The fourth-order valence-electron chi connectivity index (χ4n) is 2.93. The second-order valence-electron chi connectivity index (χ2n) is 6.10. The topological polar surface area (TPSA) is 49.4 Å². The maximum Gasteiger partial charge on any atom is 0.253 e. The number of halogens is 1. The van der Waals surface area contributed by atoms with Gasteiger partial charge in [0, 0.05) is 35.1 Å². The molecule has 1 aromatic carbocycles. The molecule has 1 aliphatic heterocycles. The molecule has 1 fully saturated rings. The average molecular weight is 381 g/mol. The number of carbonyl (C=O) groups excluding carboxylic acids is 2. The molecule has 2 amide bonds. The van der Waals surface area contributed by atoms with Gasteiger partial charge < -0.3 is 10.2 Å². The van der Waals surface area contributed by atoms with Gasteiger partial charge in [0.2, 0.25) is 5.91 Å².